The SMILES string of the molecule is CCn1cc(S(=O)(=O)NCCCN)cc1C(=O)O. The summed E-state index contributed by atoms with van der Waals surface area (Å²) in [5.41, 5.74) is 5.22. The maximum absolute atomic E-state index is 11.9. The van der Waals surface area contributed by atoms with E-state index >= 15 is 0 Å². The minimum absolute atomic E-state index is 0.0428. The molecule has 0 aliphatic rings. The third-order valence-electron chi connectivity index (χ3n) is 2.41. The average Bonchev–Trinajstić information content (AvgIpc) is 2.74. The summed E-state index contributed by atoms with van der Waals surface area (Å²) in [5.74, 6) is -1.15. The fourth-order valence-corrected chi connectivity index (χ4v) is 2.58. The first-order valence-corrected chi connectivity index (χ1v) is 7.04. The molecule has 1 aromatic heterocycles. The van der Waals surface area contributed by atoms with Crippen molar-refractivity contribution in [2.24, 2.45) is 5.73 Å². The molecule has 7 nitrogen and oxygen atoms in total. The molecule has 1 heterocycles. The van der Waals surface area contributed by atoms with Crippen molar-refractivity contribution in [3.05, 3.63) is 18.0 Å². The van der Waals surface area contributed by atoms with Crippen molar-refractivity contribution in [3.8, 4) is 0 Å². The van der Waals surface area contributed by atoms with E-state index in [9.17, 15) is 13.2 Å². The number of nitrogens with zero attached hydrogens (tertiary/aromatic N) is 1. The van der Waals surface area contributed by atoms with Crippen LogP contribution in [0.25, 0.3) is 0 Å². The molecule has 8 heteroatoms. The largest absolute Gasteiger partial charge is 0.477 e. The van der Waals surface area contributed by atoms with Crippen LogP contribution in [0.2, 0.25) is 0 Å². The minimum Gasteiger partial charge on any atom is -0.477 e. The van der Waals surface area contributed by atoms with Gasteiger partial charge in [-0.1, -0.05) is 0 Å². The summed E-state index contributed by atoms with van der Waals surface area (Å²) >= 11 is 0. The predicted molar refractivity (Wildman–Crippen MR) is 65.9 cm³/mol. The first-order chi connectivity index (χ1) is 8.42. The fraction of sp³-hybridized carbons (Fsp3) is 0.500. The van der Waals surface area contributed by atoms with Crippen molar-refractivity contribution in [2.45, 2.75) is 24.8 Å². The van der Waals surface area contributed by atoms with Crippen molar-refractivity contribution in [3.63, 3.8) is 0 Å². The number of carboxylic acid groups (broad SMARTS) is 1. The topological polar surface area (TPSA) is 114 Å². The van der Waals surface area contributed by atoms with Gasteiger partial charge in [0.2, 0.25) is 10.0 Å². The van der Waals surface area contributed by atoms with E-state index in [0.717, 1.165) is 6.07 Å². The van der Waals surface area contributed by atoms with Crippen molar-refractivity contribution in [1.82, 2.24) is 9.29 Å². The molecule has 102 valence electrons. The first-order valence-electron chi connectivity index (χ1n) is 5.55. The number of aryl methyl sites for hydroxylation is 1. The van der Waals surface area contributed by atoms with Crippen molar-refractivity contribution in [2.75, 3.05) is 13.1 Å². The van der Waals surface area contributed by atoms with Crippen molar-refractivity contribution in [1.29, 1.82) is 0 Å². The molecule has 0 radical (unpaired) electrons. The van der Waals surface area contributed by atoms with Gasteiger partial charge in [0.05, 0.1) is 0 Å². The Hall–Kier alpha value is -1.38. The molecule has 18 heavy (non-hydrogen) atoms. The molecule has 0 aromatic carbocycles. The molecule has 0 amide bonds. The number of aromatic nitrogens is 1. The van der Waals surface area contributed by atoms with E-state index in [2.05, 4.69) is 4.72 Å². The van der Waals surface area contributed by atoms with E-state index in [-0.39, 0.29) is 17.1 Å². The predicted octanol–water partition coefficient (Wildman–Crippen LogP) is -0.167. The van der Waals surface area contributed by atoms with Gasteiger partial charge in [0, 0.05) is 19.3 Å². The number of rotatable bonds is 7. The second kappa shape index (κ2) is 5.98. The summed E-state index contributed by atoms with van der Waals surface area (Å²) in [6.45, 7) is 2.75. The summed E-state index contributed by atoms with van der Waals surface area (Å²) in [6, 6.07) is 1.15. The molecule has 4 N–H and O–H groups in total. The Balaban J connectivity index is 2.99. The summed E-state index contributed by atoms with van der Waals surface area (Å²) in [4.78, 5) is 10.9. The van der Waals surface area contributed by atoms with E-state index in [1.54, 1.807) is 6.92 Å². The van der Waals surface area contributed by atoms with Gasteiger partial charge in [0.15, 0.2) is 0 Å². The molecule has 0 atom stereocenters. The number of hydrogen-bond acceptors (Lipinski definition) is 4. The number of aromatic carboxylic acids is 1. The zero-order chi connectivity index (χ0) is 13.8. The molecule has 0 fully saturated rings. The highest BCUT2D eigenvalue weighted by atomic mass is 32.2. The minimum atomic E-state index is -3.67. The van der Waals surface area contributed by atoms with E-state index in [4.69, 9.17) is 10.8 Å². The van der Waals surface area contributed by atoms with E-state index in [1.165, 1.54) is 10.8 Å². The normalized spacial score (nSPS) is 11.7. The Kier molecular flexibility index (Phi) is 4.88. The monoisotopic (exact) mass is 275 g/mol. The van der Waals surface area contributed by atoms with E-state index in [1.807, 2.05) is 0 Å². The summed E-state index contributed by atoms with van der Waals surface area (Å²) in [5, 5.41) is 8.94. The standard InChI is InChI=1S/C10H17N3O4S/c1-2-13-7-8(6-9(13)10(14)15)18(16,17)12-5-3-4-11/h6-7,12H,2-5,11H2,1H3,(H,14,15). The van der Waals surface area contributed by atoms with Crippen LogP contribution in [-0.4, -0.2) is 37.2 Å². The third kappa shape index (κ3) is 3.31. The average molecular weight is 275 g/mol. The summed E-state index contributed by atoms with van der Waals surface area (Å²) < 4.78 is 27.4. The maximum Gasteiger partial charge on any atom is 0.352 e. The molecule has 0 aliphatic heterocycles. The van der Waals surface area contributed by atoms with Crippen LogP contribution in [0.1, 0.15) is 23.8 Å². The molecular weight excluding hydrogens is 258 g/mol. The van der Waals surface area contributed by atoms with Crippen LogP contribution in [0.4, 0.5) is 0 Å². The Labute approximate surface area is 106 Å². The molecule has 0 spiro atoms. The number of hydrogen-bond donors (Lipinski definition) is 3. The number of carboxylic acids is 1. The summed E-state index contributed by atoms with van der Waals surface area (Å²) in [6.07, 6.45) is 1.84. The first kappa shape index (κ1) is 14.7. The number of nitrogens with one attached hydrogen (secondary N) is 1. The smallest absolute Gasteiger partial charge is 0.352 e. The quantitative estimate of drug-likeness (QED) is 0.598. The Morgan fingerprint density at radius 2 is 2.22 bits per heavy atom. The van der Waals surface area contributed by atoms with Crippen LogP contribution in [0.15, 0.2) is 17.2 Å². The highest BCUT2D eigenvalue weighted by Gasteiger charge is 2.20. The van der Waals surface area contributed by atoms with Crippen molar-refractivity contribution >= 4 is 16.0 Å². The molecule has 0 saturated heterocycles. The van der Waals surface area contributed by atoms with Gasteiger partial charge in [-0.15, -0.1) is 0 Å². The number of carbonyl (C=O) groups is 1. The molecule has 1 rings (SSSR count). The molecule has 0 unspecified atom stereocenters. The van der Waals surface area contributed by atoms with E-state index in [0.29, 0.717) is 19.5 Å². The van der Waals surface area contributed by atoms with Crippen molar-refractivity contribution < 1.29 is 18.3 Å². The fourth-order valence-electron chi connectivity index (χ4n) is 1.46. The van der Waals surface area contributed by atoms with Gasteiger partial charge in [-0.25, -0.2) is 17.9 Å². The second-order valence-electron chi connectivity index (χ2n) is 3.69. The molecule has 0 saturated carbocycles. The lowest BCUT2D eigenvalue weighted by molar-refractivity contribution is 0.0685. The van der Waals surface area contributed by atoms with Gasteiger partial charge in [-0.2, -0.15) is 0 Å². The molecule has 0 aliphatic carbocycles. The highest BCUT2D eigenvalue weighted by Crippen LogP contribution is 2.14. The zero-order valence-electron chi connectivity index (χ0n) is 10.1. The Bertz CT molecular complexity index is 521. The van der Waals surface area contributed by atoms with E-state index < -0.39 is 16.0 Å². The van der Waals surface area contributed by atoms with Gasteiger partial charge < -0.3 is 15.4 Å². The number of nitrogens with two attached hydrogens (primary N) is 1. The Morgan fingerprint density at radius 3 is 2.67 bits per heavy atom. The molecule has 1 aromatic rings. The van der Waals surface area contributed by atoms with Crippen LogP contribution >= 0.6 is 0 Å². The second-order valence-corrected chi connectivity index (χ2v) is 5.46. The summed E-state index contributed by atoms with van der Waals surface area (Å²) in [7, 11) is -3.67. The van der Waals surface area contributed by atoms with Gasteiger partial charge in [-0.3, -0.25) is 0 Å². The van der Waals surface area contributed by atoms with Crippen LogP contribution in [0.3, 0.4) is 0 Å². The van der Waals surface area contributed by atoms with Gasteiger partial charge in [-0.05, 0) is 26.0 Å². The van der Waals surface area contributed by atoms with Crippen LogP contribution in [0, 0.1) is 0 Å². The highest BCUT2D eigenvalue weighted by molar-refractivity contribution is 7.89. The van der Waals surface area contributed by atoms with Crippen LogP contribution < -0.4 is 10.5 Å². The van der Waals surface area contributed by atoms with Gasteiger partial charge in [0.1, 0.15) is 10.6 Å². The molecular formula is C10H17N3O4S. The lowest BCUT2D eigenvalue weighted by Gasteiger charge is -2.03. The van der Waals surface area contributed by atoms with Crippen LogP contribution in [0.5, 0.6) is 0 Å². The Morgan fingerprint density at radius 1 is 1.56 bits per heavy atom. The van der Waals surface area contributed by atoms with Crippen LogP contribution in [-0.2, 0) is 16.6 Å². The van der Waals surface area contributed by atoms with Gasteiger partial charge in [0.25, 0.3) is 0 Å². The van der Waals surface area contributed by atoms with Gasteiger partial charge >= 0.3 is 5.97 Å². The molecule has 0 bridgehead atoms. The number of sulfonamides is 1. The maximum atomic E-state index is 11.9. The lowest BCUT2D eigenvalue weighted by atomic mass is 10.4. The lowest BCUT2D eigenvalue weighted by Crippen LogP contribution is -2.25. The zero-order valence-corrected chi connectivity index (χ0v) is 10.9. The third-order valence-corrected chi connectivity index (χ3v) is 3.84.